The second-order valence-electron chi connectivity index (χ2n) is 5.92. The lowest BCUT2D eigenvalue weighted by atomic mass is 9.35. The fraction of sp³-hybridized carbons (Fsp3) is 1.00. The maximum Gasteiger partial charge on any atom is 0.0523 e. The molecule has 2 bridgehead atoms. The highest BCUT2D eigenvalue weighted by atomic mass is 16.5. The van der Waals surface area contributed by atoms with Gasteiger partial charge in [-0.15, -0.1) is 0 Å². The van der Waals surface area contributed by atoms with Crippen molar-refractivity contribution in [2.24, 2.45) is 22.3 Å². The molecule has 3 fully saturated rings. The van der Waals surface area contributed by atoms with E-state index in [2.05, 4.69) is 0 Å². The van der Waals surface area contributed by atoms with Crippen molar-refractivity contribution in [1.29, 1.82) is 0 Å². The smallest absolute Gasteiger partial charge is 0.0523 e. The summed E-state index contributed by atoms with van der Waals surface area (Å²) in [5, 5.41) is 0. The maximum atomic E-state index is 5.67. The molecule has 0 amide bonds. The average molecular weight is 242 g/mol. The van der Waals surface area contributed by atoms with Crippen molar-refractivity contribution in [1.82, 2.24) is 0 Å². The van der Waals surface area contributed by atoms with Crippen LogP contribution in [0.3, 0.4) is 0 Å². The highest BCUT2D eigenvalue weighted by molar-refractivity contribution is 5.16. The van der Waals surface area contributed by atoms with E-state index in [-0.39, 0.29) is 0 Å². The van der Waals surface area contributed by atoms with Gasteiger partial charge in [0.2, 0.25) is 0 Å². The summed E-state index contributed by atoms with van der Waals surface area (Å²) in [5.74, 6) is 0. The molecule has 3 rings (SSSR count). The van der Waals surface area contributed by atoms with E-state index in [1.165, 1.54) is 19.3 Å². The van der Waals surface area contributed by atoms with Gasteiger partial charge in [0.25, 0.3) is 0 Å². The largest absolute Gasteiger partial charge is 0.381 e. The summed E-state index contributed by atoms with van der Waals surface area (Å²) in [6, 6.07) is 0. The zero-order valence-electron chi connectivity index (χ0n) is 10.7. The van der Waals surface area contributed by atoms with Crippen LogP contribution in [0.25, 0.3) is 0 Å². The Balaban J connectivity index is 1.51. The molecule has 0 heterocycles. The Morgan fingerprint density at radius 1 is 0.765 bits per heavy atom. The molecule has 0 aromatic rings. The third kappa shape index (κ3) is 2.99. The fourth-order valence-electron chi connectivity index (χ4n) is 3.49. The summed E-state index contributed by atoms with van der Waals surface area (Å²) >= 11 is 0. The Bertz CT molecular complexity index is 204. The molecule has 3 aliphatic carbocycles. The van der Waals surface area contributed by atoms with E-state index in [0.717, 1.165) is 52.4 Å². The van der Waals surface area contributed by atoms with Gasteiger partial charge >= 0.3 is 0 Å². The minimum Gasteiger partial charge on any atom is -0.381 e. The van der Waals surface area contributed by atoms with Crippen molar-refractivity contribution in [2.45, 2.75) is 32.1 Å². The topological polar surface area (TPSA) is 70.5 Å². The molecule has 100 valence electrons. The highest BCUT2D eigenvalue weighted by Gasteiger charge is 2.67. The average Bonchev–Trinajstić information content (AvgIpc) is 2.23. The van der Waals surface area contributed by atoms with E-state index in [1.807, 2.05) is 0 Å². The minimum atomic E-state index is 0.506. The third-order valence-corrected chi connectivity index (χ3v) is 4.05. The Morgan fingerprint density at radius 2 is 1.18 bits per heavy atom. The van der Waals surface area contributed by atoms with Crippen molar-refractivity contribution < 1.29 is 9.47 Å². The summed E-state index contributed by atoms with van der Waals surface area (Å²) in [6.45, 7) is 4.95. The summed E-state index contributed by atoms with van der Waals surface area (Å²) < 4.78 is 11.3. The predicted molar refractivity (Wildman–Crippen MR) is 67.7 cm³/mol. The van der Waals surface area contributed by atoms with E-state index in [1.54, 1.807) is 0 Å². The van der Waals surface area contributed by atoms with Crippen molar-refractivity contribution >= 4 is 0 Å². The molecule has 0 aromatic carbocycles. The third-order valence-electron chi connectivity index (χ3n) is 4.05. The molecule has 0 spiro atoms. The Morgan fingerprint density at radius 3 is 1.53 bits per heavy atom. The molecule has 0 aromatic heterocycles. The lowest BCUT2D eigenvalue weighted by Crippen LogP contribution is -2.65. The van der Waals surface area contributed by atoms with Crippen LogP contribution in [0.2, 0.25) is 0 Å². The summed E-state index contributed by atoms with van der Waals surface area (Å²) in [5.41, 5.74) is 11.9. The van der Waals surface area contributed by atoms with Crippen LogP contribution in [0.15, 0.2) is 0 Å². The first-order valence-corrected chi connectivity index (χ1v) is 6.80. The van der Waals surface area contributed by atoms with Crippen LogP contribution in [-0.4, -0.2) is 39.5 Å². The number of nitrogens with two attached hydrogens (primary N) is 2. The molecule has 4 heteroatoms. The van der Waals surface area contributed by atoms with Crippen molar-refractivity contribution in [2.75, 3.05) is 39.5 Å². The minimum absolute atomic E-state index is 0.506. The molecule has 3 saturated carbocycles. The van der Waals surface area contributed by atoms with Gasteiger partial charge in [0.1, 0.15) is 0 Å². The molecule has 0 saturated heterocycles. The van der Waals surface area contributed by atoms with E-state index >= 15 is 0 Å². The van der Waals surface area contributed by atoms with Crippen molar-refractivity contribution in [3.63, 3.8) is 0 Å². The van der Waals surface area contributed by atoms with Crippen LogP contribution in [-0.2, 0) is 9.47 Å². The fourth-order valence-corrected chi connectivity index (χ4v) is 3.49. The predicted octanol–water partition coefficient (Wildman–Crippen LogP) is 0.888. The van der Waals surface area contributed by atoms with Crippen molar-refractivity contribution in [3.05, 3.63) is 0 Å². The van der Waals surface area contributed by atoms with Crippen LogP contribution < -0.4 is 11.5 Å². The second kappa shape index (κ2) is 5.65. The van der Waals surface area contributed by atoms with Gasteiger partial charge in [-0.2, -0.15) is 0 Å². The van der Waals surface area contributed by atoms with Gasteiger partial charge < -0.3 is 20.9 Å². The molecule has 4 nitrogen and oxygen atoms in total. The zero-order valence-corrected chi connectivity index (χ0v) is 10.7. The van der Waals surface area contributed by atoms with E-state index in [4.69, 9.17) is 20.9 Å². The number of hydrogen-bond donors (Lipinski definition) is 2. The zero-order chi connectivity index (χ0) is 12.2. The van der Waals surface area contributed by atoms with E-state index in [9.17, 15) is 0 Å². The SMILES string of the molecule is NCCCOCC12CC(COCCCN)(C1)C2. The normalized spacial score (nSPS) is 34.2. The maximum absolute atomic E-state index is 5.67. The van der Waals surface area contributed by atoms with Gasteiger partial charge in [0.05, 0.1) is 13.2 Å². The molecular formula is C13H26N2O2. The molecule has 0 atom stereocenters. The second-order valence-corrected chi connectivity index (χ2v) is 5.92. The Kier molecular flexibility index (Phi) is 4.42. The van der Waals surface area contributed by atoms with E-state index < -0.39 is 0 Å². The highest BCUT2D eigenvalue weighted by Crippen LogP contribution is 2.73. The Labute approximate surface area is 104 Å². The first kappa shape index (κ1) is 13.3. The number of hydrogen-bond acceptors (Lipinski definition) is 4. The Hall–Kier alpha value is -0.160. The van der Waals surface area contributed by atoms with Crippen LogP contribution in [0.4, 0.5) is 0 Å². The van der Waals surface area contributed by atoms with E-state index in [0.29, 0.717) is 10.8 Å². The van der Waals surface area contributed by atoms with Gasteiger partial charge in [0.15, 0.2) is 0 Å². The molecular weight excluding hydrogens is 216 g/mol. The molecule has 3 aliphatic rings. The standard InChI is InChI=1S/C13H26N2O2/c14-3-1-5-16-10-12-7-13(8-12,9-12)11-17-6-2-4-15/h1-11,14-15H2. The summed E-state index contributed by atoms with van der Waals surface area (Å²) in [4.78, 5) is 0. The van der Waals surface area contributed by atoms with Gasteiger partial charge in [-0.25, -0.2) is 0 Å². The first-order chi connectivity index (χ1) is 8.24. The van der Waals surface area contributed by atoms with Gasteiger partial charge in [-0.3, -0.25) is 0 Å². The molecule has 17 heavy (non-hydrogen) atoms. The van der Waals surface area contributed by atoms with Crippen LogP contribution in [0.1, 0.15) is 32.1 Å². The molecule has 0 aliphatic heterocycles. The van der Waals surface area contributed by atoms with Gasteiger partial charge in [-0.05, 0) is 56.0 Å². The summed E-state index contributed by atoms with van der Waals surface area (Å²) in [6.07, 6.45) is 5.84. The van der Waals surface area contributed by atoms with Gasteiger partial charge in [0, 0.05) is 13.2 Å². The number of ether oxygens (including phenoxy) is 2. The molecule has 0 unspecified atom stereocenters. The van der Waals surface area contributed by atoms with Crippen molar-refractivity contribution in [3.8, 4) is 0 Å². The molecule has 4 N–H and O–H groups in total. The lowest BCUT2D eigenvalue weighted by molar-refractivity contribution is -0.253. The van der Waals surface area contributed by atoms with Crippen LogP contribution in [0.5, 0.6) is 0 Å². The number of rotatable bonds is 10. The quantitative estimate of drug-likeness (QED) is 0.558. The van der Waals surface area contributed by atoms with Crippen LogP contribution >= 0.6 is 0 Å². The van der Waals surface area contributed by atoms with Gasteiger partial charge in [-0.1, -0.05) is 0 Å². The lowest BCUT2D eigenvalue weighted by Gasteiger charge is -2.70. The van der Waals surface area contributed by atoms with Crippen LogP contribution in [0, 0.1) is 10.8 Å². The monoisotopic (exact) mass is 242 g/mol. The first-order valence-electron chi connectivity index (χ1n) is 6.80. The summed E-state index contributed by atoms with van der Waals surface area (Å²) in [7, 11) is 0. The molecule has 0 radical (unpaired) electrons.